The van der Waals surface area contributed by atoms with Crippen LogP contribution in [0.4, 0.5) is 9.18 Å². The van der Waals surface area contributed by atoms with Crippen LogP contribution in [-0.2, 0) is 11.3 Å². The monoisotopic (exact) mass is 411 g/mol. The van der Waals surface area contributed by atoms with Crippen LogP contribution in [0.1, 0.15) is 31.9 Å². The van der Waals surface area contributed by atoms with Crippen molar-refractivity contribution in [3.63, 3.8) is 0 Å². The van der Waals surface area contributed by atoms with Crippen molar-refractivity contribution in [2.45, 2.75) is 32.9 Å². The molecule has 0 bridgehead atoms. The first-order valence-electron chi connectivity index (χ1n) is 9.67. The minimum absolute atomic E-state index is 0.130. The van der Waals surface area contributed by atoms with Crippen LogP contribution < -0.4 is 5.73 Å². The minimum Gasteiger partial charge on any atom is -0.508 e. The van der Waals surface area contributed by atoms with Crippen molar-refractivity contribution in [3.05, 3.63) is 76.7 Å². The lowest BCUT2D eigenvalue weighted by Crippen LogP contribution is -2.36. The van der Waals surface area contributed by atoms with E-state index < -0.39 is 17.5 Å². The Labute approximate surface area is 175 Å². The van der Waals surface area contributed by atoms with Crippen molar-refractivity contribution >= 4 is 11.8 Å². The summed E-state index contributed by atoms with van der Waals surface area (Å²) < 4.78 is 20.0. The Balaban J connectivity index is 1.92. The third-order valence-electron chi connectivity index (χ3n) is 4.49. The fourth-order valence-electron chi connectivity index (χ4n) is 3.15. The number of ether oxygens (including phenoxy) is 1. The lowest BCUT2D eigenvalue weighted by molar-refractivity contribution is 0.0300. The Hall–Kier alpha value is -3.35. The van der Waals surface area contributed by atoms with Gasteiger partial charge in [-0.3, -0.25) is 9.89 Å². The number of halogens is 1. The van der Waals surface area contributed by atoms with Gasteiger partial charge in [0.05, 0.1) is 25.3 Å². The van der Waals surface area contributed by atoms with Crippen LogP contribution in [0, 0.1) is 5.82 Å². The molecular weight excluding hydrogens is 385 g/mol. The van der Waals surface area contributed by atoms with Crippen molar-refractivity contribution in [1.82, 2.24) is 4.90 Å². The fourth-order valence-corrected chi connectivity index (χ4v) is 3.15. The second kappa shape index (κ2) is 8.57. The van der Waals surface area contributed by atoms with Gasteiger partial charge < -0.3 is 15.6 Å². The molecule has 0 aliphatic carbocycles. The highest BCUT2D eigenvalue weighted by molar-refractivity contribution is 6.14. The Kier molecular flexibility index (Phi) is 6.10. The van der Waals surface area contributed by atoms with Gasteiger partial charge in [-0.15, -0.1) is 0 Å². The molecule has 0 saturated carbocycles. The Morgan fingerprint density at radius 3 is 2.60 bits per heavy atom. The molecule has 158 valence electrons. The quantitative estimate of drug-likeness (QED) is 0.745. The zero-order chi connectivity index (χ0) is 21.9. The minimum atomic E-state index is -0.633. The van der Waals surface area contributed by atoms with Crippen LogP contribution in [0.15, 0.2) is 64.8 Å². The van der Waals surface area contributed by atoms with Crippen molar-refractivity contribution < 1.29 is 19.0 Å². The third-order valence-corrected chi connectivity index (χ3v) is 4.49. The van der Waals surface area contributed by atoms with Gasteiger partial charge in [0.2, 0.25) is 0 Å². The smallest absolute Gasteiger partial charge is 0.410 e. The molecule has 1 aliphatic heterocycles. The summed E-state index contributed by atoms with van der Waals surface area (Å²) >= 11 is 0. The predicted molar refractivity (Wildman–Crippen MR) is 114 cm³/mol. The van der Waals surface area contributed by atoms with Crippen molar-refractivity contribution in [1.29, 1.82) is 0 Å². The number of nitrogens with zero attached hydrogens (tertiary/aromatic N) is 2. The summed E-state index contributed by atoms with van der Waals surface area (Å²) in [7, 11) is 0. The van der Waals surface area contributed by atoms with E-state index in [1.54, 1.807) is 57.2 Å². The number of hydrogen-bond donors (Lipinski definition) is 2. The van der Waals surface area contributed by atoms with Crippen molar-refractivity contribution in [2.24, 2.45) is 10.7 Å². The van der Waals surface area contributed by atoms with Gasteiger partial charge in [-0.05, 0) is 50.6 Å². The van der Waals surface area contributed by atoms with E-state index in [9.17, 15) is 14.3 Å². The van der Waals surface area contributed by atoms with Gasteiger partial charge in [-0.2, -0.15) is 0 Å². The van der Waals surface area contributed by atoms with Gasteiger partial charge in [-0.25, -0.2) is 9.18 Å². The number of carbonyl (C=O) groups is 1. The Morgan fingerprint density at radius 2 is 1.93 bits per heavy atom. The number of aromatic hydroxyl groups is 1. The van der Waals surface area contributed by atoms with Crippen LogP contribution in [0.25, 0.3) is 0 Å². The summed E-state index contributed by atoms with van der Waals surface area (Å²) in [6, 6.07) is 13.0. The molecular formula is C23H26FN3O3. The topological polar surface area (TPSA) is 88.2 Å². The number of hydrogen-bond acceptors (Lipinski definition) is 5. The first kappa shape index (κ1) is 21.4. The average molecular weight is 411 g/mol. The van der Waals surface area contributed by atoms with E-state index in [0.29, 0.717) is 22.5 Å². The van der Waals surface area contributed by atoms with E-state index in [2.05, 4.69) is 4.99 Å². The molecule has 2 aromatic carbocycles. The van der Waals surface area contributed by atoms with E-state index >= 15 is 0 Å². The van der Waals surface area contributed by atoms with Crippen LogP contribution in [0.5, 0.6) is 5.75 Å². The maximum absolute atomic E-state index is 14.6. The van der Waals surface area contributed by atoms with Gasteiger partial charge in [-0.1, -0.05) is 24.3 Å². The Morgan fingerprint density at radius 1 is 1.20 bits per heavy atom. The highest BCUT2D eigenvalue weighted by Gasteiger charge is 2.31. The van der Waals surface area contributed by atoms with Crippen molar-refractivity contribution in [2.75, 3.05) is 13.1 Å². The van der Waals surface area contributed by atoms with Gasteiger partial charge >= 0.3 is 6.09 Å². The van der Waals surface area contributed by atoms with Crippen molar-refractivity contribution in [3.8, 4) is 5.75 Å². The molecule has 0 fully saturated rings. The molecule has 3 rings (SSSR count). The molecule has 30 heavy (non-hydrogen) atoms. The summed E-state index contributed by atoms with van der Waals surface area (Å²) in [6.45, 7) is 5.96. The molecule has 0 atom stereocenters. The van der Waals surface area contributed by atoms with E-state index in [-0.39, 0.29) is 25.4 Å². The number of carbonyl (C=O) groups excluding carboxylic acids is 1. The summed E-state index contributed by atoms with van der Waals surface area (Å²) in [5.41, 5.74) is 8.10. The second-order valence-electron chi connectivity index (χ2n) is 8.15. The number of nitrogens with two attached hydrogens (primary N) is 1. The lowest BCUT2D eigenvalue weighted by atomic mass is 10.0. The second-order valence-corrected chi connectivity index (χ2v) is 8.15. The van der Waals surface area contributed by atoms with E-state index in [1.165, 1.54) is 11.0 Å². The number of rotatable bonds is 4. The van der Waals surface area contributed by atoms with Crippen LogP contribution in [0.2, 0.25) is 0 Å². The van der Waals surface area contributed by atoms with Crippen LogP contribution >= 0.6 is 0 Å². The number of phenolic OH excluding ortho intramolecular Hbond substituents is 1. The molecule has 0 saturated heterocycles. The summed E-state index contributed by atoms with van der Waals surface area (Å²) in [6.07, 6.45) is -0.485. The molecule has 7 heteroatoms. The SMILES string of the molecule is CC(C)(C)OC(=O)N1CC(N)=C(C(=NCc2cccc(O)c2)c2ccccc2F)C1. The first-order chi connectivity index (χ1) is 14.1. The summed E-state index contributed by atoms with van der Waals surface area (Å²) in [5.74, 6) is -0.297. The molecule has 3 N–H and O–H groups in total. The summed E-state index contributed by atoms with van der Waals surface area (Å²) in [5, 5.41) is 9.69. The maximum Gasteiger partial charge on any atom is 0.410 e. The van der Waals surface area contributed by atoms with Crippen LogP contribution in [-0.4, -0.2) is 40.5 Å². The molecule has 0 unspecified atom stereocenters. The Bertz CT molecular complexity index is 1010. The number of benzene rings is 2. The summed E-state index contributed by atoms with van der Waals surface area (Å²) in [4.78, 5) is 18.6. The standard InChI is InChI=1S/C23H26FN3O3/c1-23(2,3)30-22(29)27-13-18(20(25)14-27)21(17-9-4-5-10-19(17)24)26-12-15-7-6-8-16(28)11-15/h4-11,28H,12-14,25H2,1-3H3. The van der Waals surface area contributed by atoms with Gasteiger partial charge in [0, 0.05) is 16.8 Å². The molecule has 1 amide bonds. The molecule has 0 aromatic heterocycles. The highest BCUT2D eigenvalue weighted by Crippen LogP contribution is 2.24. The van der Waals surface area contributed by atoms with Gasteiger partial charge in [0.25, 0.3) is 0 Å². The molecule has 0 spiro atoms. The van der Waals surface area contributed by atoms with E-state index in [4.69, 9.17) is 10.5 Å². The normalized spacial score (nSPS) is 14.9. The number of phenols is 1. The van der Waals surface area contributed by atoms with E-state index in [1.807, 2.05) is 6.07 Å². The number of amides is 1. The molecule has 0 radical (unpaired) electrons. The molecule has 1 aliphatic rings. The lowest BCUT2D eigenvalue weighted by Gasteiger charge is -2.24. The van der Waals surface area contributed by atoms with E-state index in [0.717, 1.165) is 5.56 Å². The maximum atomic E-state index is 14.6. The molecule has 6 nitrogen and oxygen atoms in total. The van der Waals surface area contributed by atoms with Gasteiger partial charge in [0.1, 0.15) is 17.2 Å². The molecule has 1 heterocycles. The highest BCUT2D eigenvalue weighted by atomic mass is 19.1. The zero-order valence-electron chi connectivity index (χ0n) is 17.4. The first-order valence-corrected chi connectivity index (χ1v) is 9.67. The largest absolute Gasteiger partial charge is 0.508 e. The predicted octanol–water partition coefficient (Wildman–Crippen LogP) is 3.98. The fraction of sp³-hybridized carbons (Fsp3) is 0.304. The zero-order valence-corrected chi connectivity index (χ0v) is 17.4. The molecule has 2 aromatic rings. The third kappa shape index (κ3) is 5.17. The van der Waals surface area contributed by atoms with Crippen LogP contribution in [0.3, 0.4) is 0 Å². The average Bonchev–Trinajstić information content (AvgIpc) is 3.04. The number of aliphatic imine (C=N–C) groups is 1. The van der Waals surface area contributed by atoms with Gasteiger partial charge in [0.15, 0.2) is 0 Å².